The molecule has 26 heavy (non-hydrogen) atoms. The predicted octanol–water partition coefficient (Wildman–Crippen LogP) is 2.55. The fourth-order valence-corrected chi connectivity index (χ4v) is 4.07. The summed E-state index contributed by atoms with van der Waals surface area (Å²) >= 11 is 0. The van der Waals surface area contributed by atoms with Gasteiger partial charge in [-0.25, -0.2) is 0 Å². The van der Waals surface area contributed by atoms with E-state index in [9.17, 15) is 4.79 Å². The number of hydrogen-bond acceptors (Lipinski definition) is 5. The van der Waals surface area contributed by atoms with Crippen molar-refractivity contribution >= 4 is 22.8 Å². The molecule has 136 valence electrons. The van der Waals surface area contributed by atoms with Crippen molar-refractivity contribution < 1.29 is 4.79 Å². The molecule has 2 aliphatic heterocycles. The highest BCUT2D eigenvalue weighted by Gasteiger charge is 2.28. The molecule has 1 aromatic carbocycles. The van der Waals surface area contributed by atoms with E-state index in [-0.39, 0.29) is 5.78 Å². The Morgan fingerprint density at radius 1 is 1.12 bits per heavy atom. The standard InChI is InChI=1S/C21H26N4O/c1-15-11-18(23-22-15)13-19-20(26)12-16-5-3-6-17(21(16)19)14-25-8-4-7-24(2)9-10-25/h3,5-6,13H,4,7-12,14H2,1-2H3/b19-13+. The van der Waals surface area contributed by atoms with Gasteiger partial charge in [-0.1, -0.05) is 18.2 Å². The Labute approximate surface area is 155 Å². The van der Waals surface area contributed by atoms with E-state index in [1.165, 1.54) is 12.0 Å². The van der Waals surface area contributed by atoms with Crippen LogP contribution in [0.3, 0.4) is 0 Å². The summed E-state index contributed by atoms with van der Waals surface area (Å²) in [5.41, 5.74) is 6.28. The van der Waals surface area contributed by atoms with E-state index in [4.69, 9.17) is 0 Å². The molecule has 1 saturated heterocycles. The van der Waals surface area contributed by atoms with Gasteiger partial charge in [-0.15, -0.1) is 0 Å². The lowest BCUT2D eigenvalue weighted by molar-refractivity contribution is -0.112. The molecule has 1 aromatic rings. The summed E-state index contributed by atoms with van der Waals surface area (Å²) in [7, 11) is 2.19. The number of fused-ring (bicyclic) bond motifs is 1. The molecule has 0 radical (unpaired) electrons. The molecule has 0 saturated carbocycles. The maximum absolute atomic E-state index is 12.7. The van der Waals surface area contributed by atoms with Crippen molar-refractivity contribution in [3.8, 4) is 0 Å². The average Bonchev–Trinajstić information content (AvgIpc) is 3.09. The van der Waals surface area contributed by atoms with E-state index in [1.54, 1.807) is 0 Å². The third kappa shape index (κ3) is 3.55. The quantitative estimate of drug-likeness (QED) is 0.787. The van der Waals surface area contributed by atoms with Crippen LogP contribution in [0, 0.1) is 0 Å². The SMILES string of the molecule is CC1=NN=C(/C=C2\C(=O)Cc3cccc(CN4CCCN(C)CC4)c32)C1. The number of allylic oxidation sites excluding steroid dienone is 2. The first-order chi connectivity index (χ1) is 12.6. The third-order valence-corrected chi connectivity index (χ3v) is 5.46. The molecule has 1 fully saturated rings. The summed E-state index contributed by atoms with van der Waals surface area (Å²) in [5, 5.41) is 8.32. The Morgan fingerprint density at radius 3 is 2.81 bits per heavy atom. The summed E-state index contributed by atoms with van der Waals surface area (Å²) in [4.78, 5) is 17.6. The second-order valence-corrected chi connectivity index (χ2v) is 7.65. The molecule has 1 aliphatic carbocycles. The van der Waals surface area contributed by atoms with Crippen molar-refractivity contribution in [2.45, 2.75) is 32.7 Å². The number of Topliss-reactive ketones (excluding diaryl/α,β-unsaturated/α-hetero) is 1. The molecular weight excluding hydrogens is 324 g/mol. The maximum atomic E-state index is 12.7. The lowest BCUT2D eigenvalue weighted by Crippen LogP contribution is -2.28. The van der Waals surface area contributed by atoms with Crippen molar-refractivity contribution in [1.29, 1.82) is 0 Å². The monoisotopic (exact) mass is 350 g/mol. The normalized spacial score (nSPS) is 23.2. The zero-order valence-electron chi connectivity index (χ0n) is 15.7. The second kappa shape index (κ2) is 7.25. The molecule has 0 amide bonds. The Morgan fingerprint density at radius 2 is 2.00 bits per heavy atom. The molecule has 4 rings (SSSR count). The van der Waals surface area contributed by atoms with Gasteiger partial charge in [0.2, 0.25) is 0 Å². The largest absolute Gasteiger partial charge is 0.305 e. The topological polar surface area (TPSA) is 48.3 Å². The highest BCUT2D eigenvalue weighted by Crippen LogP contribution is 2.33. The van der Waals surface area contributed by atoms with Gasteiger partial charge in [0.1, 0.15) is 0 Å². The van der Waals surface area contributed by atoms with Crippen LogP contribution in [0.25, 0.3) is 5.57 Å². The van der Waals surface area contributed by atoms with Crippen molar-refractivity contribution in [2.75, 3.05) is 33.2 Å². The fraction of sp³-hybridized carbons (Fsp3) is 0.476. The summed E-state index contributed by atoms with van der Waals surface area (Å²) in [6, 6.07) is 6.36. The summed E-state index contributed by atoms with van der Waals surface area (Å²) in [6.45, 7) is 7.33. The van der Waals surface area contributed by atoms with E-state index in [2.05, 4.69) is 45.2 Å². The van der Waals surface area contributed by atoms with Crippen LogP contribution in [0.15, 0.2) is 34.5 Å². The molecule has 0 N–H and O–H groups in total. The average molecular weight is 350 g/mol. The number of ketones is 1. The highest BCUT2D eigenvalue weighted by molar-refractivity contribution is 6.30. The van der Waals surface area contributed by atoms with E-state index >= 15 is 0 Å². The van der Waals surface area contributed by atoms with Crippen LogP contribution >= 0.6 is 0 Å². The van der Waals surface area contributed by atoms with Gasteiger partial charge in [0.25, 0.3) is 0 Å². The van der Waals surface area contributed by atoms with Crippen molar-refractivity contribution in [3.63, 3.8) is 0 Å². The molecule has 3 aliphatic rings. The van der Waals surface area contributed by atoms with E-state index in [0.29, 0.717) is 6.42 Å². The predicted molar refractivity (Wildman–Crippen MR) is 106 cm³/mol. The van der Waals surface area contributed by atoms with Crippen molar-refractivity contribution in [1.82, 2.24) is 9.80 Å². The van der Waals surface area contributed by atoms with Crippen LogP contribution in [-0.2, 0) is 17.8 Å². The molecule has 5 nitrogen and oxygen atoms in total. The smallest absolute Gasteiger partial charge is 0.167 e. The molecular formula is C21H26N4O. The number of benzene rings is 1. The summed E-state index contributed by atoms with van der Waals surface area (Å²) in [5.74, 6) is 0.204. The summed E-state index contributed by atoms with van der Waals surface area (Å²) in [6.07, 6.45) is 4.41. The van der Waals surface area contributed by atoms with Crippen LogP contribution < -0.4 is 0 Å². The third-order valence-electron chi connectivity index (χ3n) is 5.46. The zero-order valence-corrected chi connectivity index (χ0v) is 15.7. The molecule has 0 unspecified atom stereocenters. The Kier molecular flexibility index (Phi) is 4.83. The first-order valence-corrected chi connectivity index (χ1v) is 9.47. The molecule has 0 spiro atoms. The van der Waals surface area contributed by atoms with Gasteiger partial charge in [0.15, 0.2) is 5.78 Å². The first kappa shape index (κ1) is 17.3. The van der Waals surface area contributed by atoms with Gasteiger partial charge in [0, 0.05) is 43.8 Å². The molecule has 0 atom stereocenters. The van der Waals surface area contributed by atoms with Crippen molar-refractivity contribution in [3.05, 3.63) is 41.0 Å². The number of hydrogen-bond donors (Lipinski definition) is 0. The van der Waals surface area contributed by atoms with Crippen LogP contribution in [0.4, 0.5) is 0 Å². The van der Waals surface area contributed by atoms with Crippen LogP contribution in [0.1, 0.15) is 36.5 Å². The Balaban J connectivity index is 1.62. The number of carbonyl (C=O) groups is 1. The van der Waals surface area contributed by atoms with Crippen LogP contribution in [0.2, 0.25) is 0 Å². The zero-order chi connectivity index (χ0) is 18.1. The van der Waals surface area contributed by atoms with Crippen LogP contribution in [-0.4, -0.2) is 60.2 Å². The van der Waals surface area contributed by atoms with Crippen molar-refractivity contribution in [2.24, 2.45) is 10.2 Å². The van der Waals surface area contributed by atoms with Gasteiger partial charge < -0.3 is 4.90 Å². The van der Waals surface area contributed by atoms with Gasteiger partial charge in [-0.05, 0) is 56.2 Å². The minimum atomic E-state index is 0.204. The minimum Gasteiger partial charge on any atom is -0.305 e. The molecule has 5 heteroatoms. The maximum Gasteiger partial charge on any atom is 0.167 e. The lowest BCUT2D eigenvalue weighted by Gasteiger charge is -2.22. The lowest BCUT2D eigenvalue weighted by atomic mass is 9.98. The van der Waals surface area contributed by atoms with E-state index < -0.39 is 0 Å². The Bertz CT molecular complexity index is 821. The number of nitrogens with zero attached hydrogens (tertiary/aromatic N) is 4. The van der Waals surface area contributed by atoms with E-state index in [1.807, 2.05) is 13.0 Å². The van der Waals surface area contributed by atoms with Gasteiger partial charge in [-0.2, -0.15) is 10.2 Å². The molecule has 0 bridgehead atoms. The minimum absolute atomic E-state index is 0.204. The van der Waals surface area contributed by atoms with Gasteiger partial charge in [-0.3, -0.25) is 9.69 Å². The highest BCUT2D eigenvalue weighted by atomic mass is 16.1. The first-order valence-electron chi connectivity index (χ1n) is 9.47. The molecule has 2 heterocycles. The number of carbonyl (C=O) groups excluding carboxylic acids is 1. The van der Waals surface area contributed by atoms with Gasteiger partial charge in [0.05, 0.1) is 5.71 Å². The fourth-order valence-electron chi connectivity index (χ4n) is 4.07. The molecule has 0 aromatic heterocycles. The Hall–Kier alpha value is -2.11. The number of rotatable bonds is 3. The summed E-state index contributed by atoms with van der Waals surface area (Å²) < 4.78 is 0. The van der Waals surface area contributed by atoms with E-state index in [0.717, 1.165) is 67.3 Å². The van der Waals surface area contributed by atoms with Gasteiger partial charge >= 0.3 is 0 Å². The van der Waals surface area contributed by atoms with Crippen LogP contribution in [0.5, 0.6) is 0 Å². The second-order valence-electron chi connectivity index (χ2n) is 7.65. The number of likely N-dealkylation sites (N-methyl/N-ethyl adjacent to an activating group) is 1.